The van der Waals surface area contributed by atoms with E-state index in [1.165, 1.54) is 6.08 Å². The first-order valence-corrected chi connectivity index (χ1v) is 5.34. The molecule has 86 valence electrons. The third-order valence-electron chi connectivity index (χ3n) is 2.18. The van der Waals surface area contributed by atoms with Gasteiger partial charge in [-0.2, -0.15) is 0 Å². The Balaban J connectivity index is 2.58. The summed E-state index contributed by atoms with van der Waals surface area (Å²) in [6.07, 6.45) is 2.18. The normalized spacial score (nSPS) is 24.1. The molecule has 1 aliphatic rings. The predicted octanol–water partition coefficient (Wildman–Crippen LogP) is 1.30. The minimum Gasteiger partial charge on any atom is -0.463 e. The van der Waals surface area contributed by atoms with E-state index < -0.39 is 0 Å². The molecule has 15 heavy (non-hydrogen) atoms. The van der Waals surface area contributed by atoms with E-state index in [0.29, 0.717) is 26.4 Å². The zero-order chi connectivity index (χ0) is 11.1. The van der Waals surface area contributed by atoms with E-state index in [2.05, 4.69) is 0 Å². The lowest BCUT2D eigenvalue weighted by atomic mass is 10.0. The average Bonchev–Trinajstić information content (AvgIpc) is 2.21. The highest BCUT2D eigenvalue weighted by Gasteiger charge is 2.20. The van der Waals surface area contributed by atoms with E-state index in [-0.39, 0.29) is 12.1 Å². The van der Waals surface area contributed by atoms with Crippen molar-refractivity contribution < 1.29 is 19.0 Å². The van der Waals surface area contributed by atoms with Gasteiger partial charge in [-0.25, -0.2) is 4.79 Å². The quantitative estimate of drug-likeness (QED) is 0.522. The van der Waals surface area contributed by atoms with E-state index in [0.717, 1.165) is 12.0 Å². The van der Waals surface area contributed by atoms with Crippen LogP contribution in [-0.2, 0) is 19.0 Å². The maximum Gasteiger partial charge on any atom is 0.330 e. The summed E-state index contributed by atoms with van der Waals surface area (Å²) < 4.78 is 15.6. The molecule has 0 spiro atoms. The fraction of sp³-hybridized carbons (Fsp3) is 0.727. The fourth-order valence-electron chi connectivity index (χ4n) is 1.51. The summed E-state index contributed by atoms with van der Waals surface area (Å²) in [6.45, 7) is 5.91. The lowest BCUT2D eigenvalue weighted by Gasteiger charge is -2.25. The SMILES string of the molecule is CCOC(=O)C=C1CCOCC1OCC. The predicted molar refractivity (Wildman–Crippen MR) is 55.6 cm³/mol. The molecule has 0 radical (unpaired) electrons. The average molecular weight is 214 g/mol. The number of esters is 1. The molecule has 4 heteroatoms. The van der Waals surface area contributed by atoms with Crippen LogP contribution in [0.25, 0.3) is 0 Å². The largest absolute Gasteiger partial charge is 0.463 e. The molecule has 0 aliphatic carbocycles. The van der Waals surface area contributed by atoms with Crippen molar-refractivity contribution in [3.8, 4) is 0 Å². The number of carbonyl (C=O) groups excluding carboxylic acids is 1. The molecule has 1 aliphatic heterocycles. The van der Waals surface area contributed by atoms with Gasteiger partial charge >= 0.3 is 5.97 Å². The van der Waals surface area contributed by atoms with Crippen molar-refractivity contribution in [2.24, 2.45) is 0 Å². The Bertz CT molecular complexity index is 233. The molecule has 0 bridgehead atoms. The first-order chi connectivity index (χ1) is 7.27. The summed E-state index contributed by atoms with van der Waals surface area (Å²) in [6, 6.07) is 0. The molecular weight excluding hydrogens is 196 g/mol. The second kappa shape index (κ2) is 6.58. The van der Waals surface area contributed by atoms with Crippen LogP contribution >= 0.6 is 0 Å². The van der Waals surface area contributed by atoms with Gasteiger partial charge in [0.15, 0.2) is 0 Å². The number of ether oxygens (including phenoxy) is 3. The maximum absolute atomic E-state index is 11.3. The molecule has 0 amide bonds. The summed E-state index contributed by atoms with van der Waals surface area (Å²) in [5, 5.41) is 0. The van der Waals surface area contributed by atoms with Gasteiger partial charge in [0.25, 0.3) is 0 Å². The molecule has 4 nitrogen and oxygen atoms in total. The van der Waals surface area contributed by atoms with Crippen LogP contribution in [-0.4, -0.2) is 38.5 Å². The molecule has 0 aromatic heterocycles. The van der Waals surface area contributed by atoms with E-state index in [1.54, 1.807) is 6.92 Å². The molecule has 0 saturated carbocycles. The number of hydrogen-bond donors (Lipinski definition) is 0. The van der Waals surface area contributed by atoms with Crippen LogP contribution in [0.1, 0.15) is 20.3 Å². The third-order valence-corrected chi connectivity index (χ3v) is 2.18. The Labute approximate surface area is 90.2 Å². The molecule has 1 unspecified atom stereocenters. The van der Waals surface area contributed by atoms with Gasteiger partial charge in [0, 0.05) is 12.7 Å². The van der Waals surface area contributed by atoms with Crippen LogP contribution in [0.3, 0.4) is 0 Å². The highest BCUT2D eigenvalue weighted by atomic mass is 16.5. The number of rotatable bonds is 4. The van der Waals surface area contributed by atoms with Gasteiger partial charge in [-0.1, -0.05) is 0 Å². The smallest absolute Gasteiger partial charge is 0.330 e. The first-order valence-electron chi connectivity index (χ1n) is 5.34. The zero-order valence-electron chi connectivity index (χ0n) is 9.32. The van der Waals surface area contributed by atoms with E-state index in [4.69, 9.17) is 14.2 Å². The van der Waals surface area contributed by atoms with Gasteiger partial charge in [-0.15, -0.1) is 0 Å². The lowest BCUT2D eigenvalue weighted by Crippen LogP contribution is -2.29. The van der Waals surface area contributed by atoms with Crippen molar-refractivity contribution in [1.29, 1.82) is 0 Å². The summed E-state index contributed by atoms with van der Waals surface area (Å²) in [5.41, 5.74) is 0.974. The summed E-state index contributed by atoms with van der Waals surface area (Å²) in [4.78, 5) is 11.3. The van der Waals surface area contributed by atoms with Crippen LogP contribution in [0.5, 0.6) is 0 Å². The van der Waals surface area contributed by atoms with Crippen LogP contribution in [0.4, 0.5) is 0 Å². The van der Waals surface area contributed by atoms with Gasteiger partial charge in [-0.05, 0) is 25.8 Å². The highest BCUT2D eigenvalue weighted by Crippen LogP contribution is 2.17. The minimum atomic E-state index is -0.292. The monoisotopic (exact) mass is 214 g/mol. The van der Waals surface area contributed by atoms with Crippen molar-refractivity contribution in [2.75, 3.05) is 26.4 Å². The molecule has 0 N–H and O–H groups in total. The fourth-order valence-corrected chi connectivity index (χ4v) is 1.51. The van der Waals surface area contributed by atoms with E-state index >= 15 is 0 Å². The number of carbonyl (C=O) groups is 1. The Morgan fingerprint density at radius 2 is 2.33 bits per heavy atom. The summed E-state index contributed by atoms with van der Waals surface area (Å²) >= 11 is 0. The standard InChI is InChI=1S/C11H18O4/c1-3-14-10-8-13-6-5-9(10)7-11(12)15-4-2/h7,10H,3-6,8H2,1-2H3. The van der Waals surface area contributed by atoms with Crippen molar-refractivity contribution >= 4 is 5.97 Å². The van der Waals surface area contributed by atoms with Crippen molar-refractivity contribution in [3.63, 3.8) is 0 Å². The molecule has 1 rings (SSSR count). The van der Waals surface area contributed by atoms with Crippen molar-refractivity contribution in [3.05, 3.63) is 11.6 Å². The van der Waals surface area contributed by atoms with E-state index in [1.807, 2.05) is 6.92 Å². The molecular formula is C11H18O4. The van der Waals surface area contributed by atoms with Gasteiger partial charge in [0.05, 0.1) is 19.8 Å². The van der Waals surface area contributed by atoms with Crippen molar-refractivity contribution in [1.82, 2.24) is 0 Å². The highest BCUT2D eigenvalue weighted by molar-refractivity contribution is 5.83. The maximum atomic E-state index is 11.3. The molecule has 1 saturated heterocycles. The molecule has 0 aromatic rings. The van der Waals surface area contributed by atoms with Gasteiger partial charge in [0.1, 0.15) is 6.10 Å². The topological polar surface area (TPSA) is 44.8 Å². The van der Waals surface area contributed by atoms with Crippen LogP contribution < -0.4 is 0 Å². The van der Waals surface area contributed by atoms with Crippen LogP contribution in [0.2, 0.25) is 0 Å². The lowest BCUT2D eigenvalue weighted by molar-refractivity contribution is -0.137. The van der Waals surface area contributed by atoms with Gasteiger partial charge in [0.2, 0.25) is 0 Å². The zero-order valence-corrected chi connectivity index (χ0v) is 9.32. The Morgan fingerprint density at radius 1 is 1.53 bits per heavy atom. The Morgan fingerprint density at radius 3 is 3.00 bits per heavy atom. The third kappa shape index (κ3) is 4.01. The van der Waals surface area contributed by atoms with Gasteiger partial charge < -0.3 is 14.2 Å². The van der Waals surface area contributed by atoms with E-state index in [9.17, 15) is 4.79 Å². The summed E-state index contributed by atoms with van der Waals surface area (Å²) in [7, 11) is 0. The molecule has 1 atom stereocenters. The first kappa shape index (κ1) is 12.2. The second-order valence-corrected chi connectivity index (χ2v) is 3.24. The minimum absolute atomic E-state index is 0.0897. The van der Waals surface area contributed by atoms with Crippen LogP contribution in [0, 0.1) is 0 Å². The van der Waals surface area contributed by atoms with Crippen molar-refractivity contribution in [2.45, 2.75) is 26.4 Å². The Hall–Kier alpha value is -0.870. The molecule has 0 aromatic carbocycles. The molecule has 1 fully saturated rings. The second-order valence-electron chi connectivity index (χ2n) is 3.24. The molecule has 1 heterocycles. The number of hydrogen-bond acceptors (Lipinski definition) is 4. The summed E-state index contributed by atoms with van der Waals surface area (Å²) in [5.74, 6) is -0.292. The van der Waals surface area contributed by atoms with Crippen LogP contribution in [0.15, 0.2) is 11.6 Å². The van der Waals surface area contributed by atoms with Gasteiger partial charge in [-0.3, -0.25) is 0 Å². The Kier molecular flexibility index (Phi) is 5.36.